The Kier molecular flexibility index (Phi) is 6.68. The maximum absolute atomic E-state index is 12.1. The third kappa shape index (κ3) is 5.45. The summed E-state index contributed by atoms with van der Waals surface area (Å²) in [5.41, 5.74) is 2.42. The van der Waals surface area contributed by atoms with Crippen molar-refractivity contribution in [3.05, 3.63) is 70.5 Å². The lowest BCUT2D eigenvalue weighted by atomic mass is 10.1. The molecule has 0 aliphatic rings. The summed E-state index contributed by atoms with van der Waals surface area (Å²) in [4.78, 5) is 32.7. The number of carbonyl (C=O) groups excluding carboxylic acids is 2. The van der Waals surface area contributed by atoms with Gasteiger partial charge in [0.2, 0.25) is 5.91 Å². The van der Waals surface area contributed by atoms with Crippen LogP contribution in [-0.4, -0.2) is 28.2 Å². The van der Waals surface area contributed by atoms with Crippen molar-refractivity contribution < 1.29 is 9.59 Å². The van der Waals surface area contributed by atoms with E-state index in [0.717, 1.165) is 16.3 Å². The molecule has 2 heterocycles. The molecule has 0 bridgehead atoms. The van der Waals surface area contributed by atoms with Crippen LogP contribution in [0, 0.1) is 0 Å². The zero-order chi connectivity index (χ0) is 19.1. The number of rotatable bonds is 8. The molecule has 2 aromatic heterocycles. The van der Waals surface area contributed by atoms with Gasteiger partial charge in [-0.25, -0.2) is 4.98 Å². The van der Waals surface area contributed by atoms with Crippen LogP contribution in [0.5, 0.6) is 0 Å². The molecule has 7 heteroatoms. The summed E-state index contributed by atoms with van der Waals surface area (Å²) in [7, 11) is 0. The highest BCUT2D eigenvalue weighted by Gasteiger charge is 2.12. The van der Waals surface area contributed by atoms with Crippen molar-refractivity contribution >= 4 is 34.6 Å². The van der Waals surface area contributed by atoms with Gasteiger partial charge in [0, 0.05) is 54.7 Å². The number of amides is 1. The van der Waals surface area contributed by atoms with Gasteiger partial charge in [-0.3, -0.25) is 14.6 Å². The van der Waals surface area contributed by atoms with Crippen LogP contribution in [0.3, 0.4) is 0 Å². The van der Waals surface area contributed by atoms with Crippen LogP contribution in [0.1, 0.15) is 28.9 Å². The number of Topliss-reactive ketones (excluding diaryl/α,β-unsaturated/α-hetero) is 1. The maximum Gasteiger partial charge on any atom is 0.220 e. The van der Waals surface area contributed by atoms with Gasteiger partial charge < -0.3 is 5.32 Å². The summed E-state index contributed by atoms with van der Waals surface area (Å²) in [5, 5.41) is 6.17. The van der Waals surface area contributed by atoms with Crippen molar-refractivity contribution in [2.75, 3.05) is 6.54 Å². The van der Waals surface area contributed by atoms with Crippen molar-refractivity contribution in [1.82, 2.24) is 15.3 Å². The van der Waals surface area contributed by atoms with E-state index in [1.165, 1.54) is 0 Å². The first-order valence-electron chi connectivity index (χ1n) is 8.52. The van der Waals surface area contributed by atoms with E-state index >= 15 is 0 Å². The molecule has 1 N–H and O–H groups in total. The number of hydrogen-bond acceptors (Lipinski definition) is 5. The number of thiazole rings is 1. The average molecular weight is 400 g/mol. The van der Waals surface area contributed by atoms with Gasteiger partial charge in [0.05, 0.1) is 10.7 Å². The molecule has 138 valence electrons. The Morgan fingerprint density at radius 3 is 2.63 bits per heavy atom. The van der Waals surface area contributed by atoms with E-state index in [-0.39, 0.29) is 24.5 Å². The molecule has 0 atom stereocenters. The molecule has 0 radical (unpaired) electrons. The minimum Gasteiger partial charge on any atom is -0.356 e. The first-order valence-corrected chi connectivity index (χ1v) is 9.78. The molecule has 3 rings (SSSR count). The monoisotopic (exact) mass is 399 g/mol. The Labute approximate surface area is 166 Å². The number of halogens is 1. The van der Waals surface area contributed by atoms with Crippen LogP contribution in [0.4, 0.5) is 0 Å². The molecule has 0 unspecified atom stereocenters. The molecule has 5 nitrogen and oxygen atoms in total. The van der Waals surface area contributed by atoms with Crippen molar-refractivity contribution in [3.8, 4) is 10.6 Å². The summed E-state index contributed by atoms with van der Waals surface area (Å²) in [5.74, 6) is -0.280. The highest BCUT2D eigenvalue weighted by Crippen LogP contribution is 2.23. The lowest BCUT2D eigenvalue weighted by Crippen LogP contribution is -2.26. The highest BCUT2D eigenvalue weighted by atomic mass is 35.5. The van der Waals surface area contributed by atoms with Gasteiger partial charge in [-0.1, -0.05) is 23.7 Å². The van der Waals surface area contributed by atoms with Gasteiger partial charge >= 0.3 is 0 Å². The molecule has 0 saturated carbocycles. The molecule has 0 aliphatic heterocycles. The van der Waals surface area contributed by atoms with E-state index in [1.54, 1.807) is 48.0 Å². The van der Waals surface area contributed by atoms with Crippen molar-refractivity contribution in [2.24, 2.45) is 0 Å². The van der Waals surface area contributed by atoms with E-state index < -0.39 is 0 Å². The minimum absolute atomic E-state index is 0.128. The Morgan fingerprint density at radius 1 is 1.07 bits per heavy atom. The number of hydrogen-bond donors (Lipinski definition) is 1. The standard InChI is InChI=1S/C20H18ClN3O2S/c21-17-4-2-1-3-16(17)18(25)5-6-19(26)23-12-9-15-13-27-20(24-15)14-7-10-22-11-8-14/h1-4,7-8,10-11,13H,5-6,9,12H2,(H,23,26). The number of carbonyl (C=O) groups is 2. The minimum atomic E-state index is -0.153. The van der Waals surface area contributed by atoms with Gasteiger partial charge in [-0.05, 0) is 24.3 Å². The molecule has 1 aromatic carbocycles. The zero-order valence-corrected chi connectivity index (χ0v) is 16.1. The number of nitrogens with zero attached hydrogens (tertiary/aromatic N) is 2. The SMILES string of the molecule is O=C(CCC(=O)c1ccccc1Cl)NCCc1csc(-c2ccncc2)n1. The summed E-state index contributed by atoms with van der Waals surface area (Å²) in [6.45, 7) is 0.485. The third-order valence-electron chi connectivity index (χ3n) is 3.94. The second-order valence-corrected chi connectivity index (χ2v) is 7.15. The van der Waals surface area contributed by atoms with Gasteiger partial charge in [0.15, 0.2) is 5.78 Å². The zero-order valence-electron chi connectivity index (χ0n) is 14.5. The normalized spacial score (nSPS) is 10.6. The van der Waals surface area contributed by atoms with Crippen molar-refractivity contribution in [2.45, 2.75) is 19.3 Å². The second-order valence-electron chi connectivity index (χ2n) is 5.88. The van der Waals surface area contributed by atoms with E-state index in [4.69, 9.17) is 11.6 Å². The van der Waals surface area contributed by atoms with Crippen molar-refractivity contribution in [1.29, 1.82) is 0 Å². The molecule has 0 aliphatic carbocycles. The maximum atomic E-state index is 12.1. The molecule has 0 spiro atoms. The summed E-state index contributed by atoms with van der Waals surface area (Å²) >= 11 is 7.57. The number of benzene rings is 1. The van der Waals surface area contributed by atoms with Crippen LogP contribution in [0.15, 0.2) is 54.2 Å². The molecule has 3 aromatic rings. The summed E-state index contributed by atoms with van der Waals surface area (Å²) in [6, 6.07) is 10.7. The Balaban J connectivity index is 1.42. The molecule has 1 amide bonds. The predicted octanol–water partition coefficient (Wildman–Crippen LogP) is 4.18. The molecular weight excluding hydrogens is 382 g/mol. The number of ketones is 1. The predicted molar refractivity (Wildman–Crippen MR) is 107 cm³/mol. The third-order valence-corrected chi connectivity index (χ3v) is 5.21. The van der Waals surface area contributed by atoms with Gasteiger partial charge in [-0.2, -0.15) is 0 Å². The first kappa shape index (κ1) is 19.2. The Hall–Kier alpha value is -2.57. The largest absolute Gasteiger partial charge is 0.356 e. The van der Waals surface area contributed by atoms with Crippen LogP contribution in [0.25, 0.3) is 10.6 Å². The van der Waals surface area contributed by atoms with Gasteiger partial charge in [0.1, 0.15) is 5.01 Å². The van der Waals surface area contributed by atoms with Gasteiger partial charge in [0.25, 0.3) is 0 Å². The lowest BCUT2D eigenvalue weighted by molar-refractivity contribution is -0.121. The average Bonchev–Trinajstić information content (AvgIpc) is 3.16. The lowest BCUT2D eigenvalue weighted by Gasteiger charge is -2.05. The first-order chi connectivity index (χ1) is 13.1. The highest BCUT2D eigenvalue weighted by molar-refractivity contribution is 7.13. The summed E-state index contributed by atoms with van der Waals surface area (Å²) < 4.78 is 0. The smallest absolute Gasteiger partial charge is 0.220 e. The number of aromatic nitrogens is 2. The van der Waals surface area contributed by atoms with E-state index in [1.807, 2.05) is 17.5 Å². The van der Waals surface area contributed by atoms with Crippen LogP contribution in [-0.2, 0) is 11.2 Å². The van der Waals surface area contributed by atoms with E-state index in [9.17, 15) is 9.59 Å². The van der Waals surface area contributed by atoms with E-state index in [0.29, 0.717) is 23.6 Å². The molecular formula is C20H18ClN3O2S. The fraction of sp³-hybridized carbons (Fsp3) is 0.200. The Bertz CT molecular complexity index is 928. The van der Waals surface area contributed by atoms with E-state index in [2.05, 4.69) is 15.3 Å². The Morgan fingerprint density at radius 2 is 1.85 bits per heavy atom. The van der Waals surface area contributed by atoms with Crippen LogP contribution in [0.2, 0.25) is 5.02 Å². The fourth-order valence-electron chi connectivity index (χ4n) is 2.52. The topological polar surface area (TPSA) is 72.0 Å². The number of pyridine rings is 1. The number of nitrogens with one attached hydrogen (secondary N) is 1. The molecule has 27 heavy (non-hydrogen) atoms. The quantitative estimate of drug-likeness (QED) is 0.577. The van der Waals surface area contributed by atoms with Crippen molar-refractivity contribution in [3.63, 3.8) is 0 Å². The van der Waals surface area contributed by atoms with Crippen LogP contribution >= 0.6 is 22.9 Å². The summed E-state index contributed by atoms with van der Waals surface area (Å²) in [6.07, 6.45) is 4.40. The molecule has 0 fully saturated rings. The van der Waals surface area contributed by atoms with Gasteiger partial charge in [-0.15, -0.1) is 11.3 Å². The fourth-order valence-corrected chi connectivity index (χ4v) is 3.62. The molecule has 0 saturated heterocycles. The van der Waals surface area contributed by atoms with Crippen LogP contribution < -0.4 is 5.32 Å². The second kappa shape index (κ2) is 9.39.